The fourth-order valence-corrected chi connectivity index (χ4v) is 3.75. The Hall–Kier alpha value is -0.260. The molecule has 2 heterocycles. The summed E-state index contributed by atoms with van der Waals surface area (Å²) in [6.07, 6.45) is 2.10. The van der Waals surface area contributed by atoms with Gasteiger partial charge in [-0.3, -0.25) is 4.79 Å². The van der Waals surface area contributed by atoms with Gasteiger partial charge < -0.3 is 16.0 Å². The fraction of sp³-hybridized carbons (Fsp3) is 0.917. The van der Waals surface area contributed by atoms with Gasteiger partial charge in [0.05, 0.1) is 10.9 Å². The Bertz CT molecular complexity index is 279. The summed E-state index contributed by atoms with van der Waals surface area (Å²) >= 11 is 2.01. The lowest BCUT2D eigenvalue weighted by atomic mass is 10.00. The van der Waals surface area contributed by atoms with Crippen molar-refractivity contribution in [2.24, 2.45) is 11.7 Å². The van der Waals surface area contributed by atoms with E-state index in [2.05, 4.69) is 5.32 Å². The Morgan fingerprint density at radius 2 is 2.06 bits per heavy atom. The second kappa shape index (κ2) is 5.16. The van der Waals surface area contributed by atoms with Gasteiger partial charge in [0.15, 0.2) is 0 Å². The van der Waals surface area contributed by atoms with Gasteiger partial charge in [0.2, 0.25) is 5.91 Å². The van der Waals surface area contributed by atoms with E-state index in [1.165, 1.54) is 5.75 Å². The lowest BCUT2D eigenvalue weighted by molar-refractivity contribution is -0.134. The standard InChI is InChI=1S/C12H23N3OS/c1-9(2)10(13)11(16)15-6-3-12(4-7-15)14-5-8-17-12/h9-10,14H,3-8,13H2,1-2H3/t10-/m0/s1. The molecule has 0 saturated carbocycles. The number of nitrogens with zero attached hydrogens (tertiary/aromatic N) is 1. The van der Waals surface area contributed by atoms with Gasteiger partial charge in [-0.05, 0) is 18.8 Å². The highest BCUT2D eigenvalue weighted by Crippen LogP contribution is 2.36. The summed E-state index contributed by atoms with van der Waals surface area (Å²) in [4.78, 5) is 14.3. The van der Waals surface area contributed by atoms with Crippen LogP contribution in [-0.2, 0) is 4.79 Å². The average Bonchev–Trinajstić information content (AvgIpc) is 2.76. The molecule has 1 amide bonds. The molecule has 0 aromatic rings. The number of thioether (sulfide) groups is 1. The molecule has 0 aromatic carbocycles. The molecule has 5 heteroatoms. The molecule has 17 heavy (non-hydrogen) atoms. The van der Waals surface area contributed by atoms with Crippen LogP contribution >= 0.6 is 11.8 Å². The van der Waals surface area contributed by atoms with E-state index < -0.39 is 0 Å². The van der Waals surface area contributed by atoms with Crippen LogP contribution < -0.4 is 11.1 Å². The zero-order chi connectivity index (χ0) is 12.5. The van der Waals surface area contributed by atoms with Crippen molar-refractivity contribution in [3.63, 3.8) is 0 Å². The molecule has 2 fully saturated rings. The van der Waals surface area contributed by atoms with Gasteiger partial charge in [-0.25, -0.2) is 0 Å². The van der Waals surface area contributed by atoms with Crippen molar-refractivity contribution in [1.82, 2.24) is 10.2 Å². The molecule has 0 aliphatic carbocycles. The normalized spacial score (nSPS) is 25.5. The lowest BCUT2D eigenvalue weighted by Crippen LogP contribution is -2.54. The molecule has 1 atom stereocenters. The van der Waals surface area contributed by atoms with E-state index >= 15 is 0 Å². The second-order valence-corrected chi connectivity index (χ2v) is 6.84. The fourth-order valence-electron chi connectivity index (χ4n) is 2.48. The van der Waals surface area contributed by atoms with Crippen LogP contribution in [0.3, 0.4) is 0 Å². The Kier molecular flexibility index (Phi) is 4.00. The lowest BCUT2D eigenvalue weighted by Gasteiger charge is -2.40. The highest BCUT2D eigenvalue weighted by Gasteiger charge is 2.39. The quantitative estimate of drug-likeness (QED) is 0.761. The van der Waals surface area contributed by atoms with Crippen molar-refractivity contribution in [3.8, 4) is 0 Å². The Morgan fingerprint density at radius 1 is 1.41 bits per heavy atom. The van der Waals surface area contributed by atoms with Gasteiger partial charge in [-0.1, -0.05) is 13.8 Å². The SMILES string of the molecule is CC(C)[C@H](N)C(=O)N1CCC2(CC1)NCCS2. The number of likely N-dealkylation sites (tertiary alicyclic amines) is 1. The minimum atomic E-state index is -0.340. The van der Waals surface area contributed by atoms with Gasteiger partial charge >= 0.3 is 0 Å². The Morgan fingerprint density at radius 3 is 2.53 bits per heavy atom. The van der Waals surface area contributed by atoms with Gasteiger partial charge in [0.1, 0.15) is 0 Å². The van der Waals surface area contributed by atoms with Crippen LogP contribution in [0.1, 0.15) is 26.7 Å². The van der Waals surface area contributed by atoms with Crippen LogP contribution in [-0.4, -0.2) is 47.1 Å². The minimum Gasteiger partial charge on any atom is -0.341 e. The number of hydrogen-bond acceptors (Lipinski definition) is 4. The van der Waals surface area contributed by atoms with E-state index in [0.717, 1.165) is 32.5 Å². The van der Waals surface area contributed by atoms with Crippen LogP contribution in [0.25, 0.3) is 0 Å². The van der Waals surface area contributed by atoms with E-state index in [1.54, 1.807) is 0 Å². The first-order chi connectivity index (χ1) is 8.04. The summed E-state index contributed by atoms with van der Waals surface area (Å²) in [7, 11) is 0. The molecule has 0 radical (unpaired) electrons. The first kappa shape index (κ1) is 13.2. The number of piperidine rings is 1. The van der Waals surface area contributed by atoms with Crippen LogP contribution in [0.4, 0.5) is 0 Å². The molecule has 2 aliphatic rings. The highest BCUT2D eigenvalue weighted by molar-refractivity contribution is 8.00. The zero-order valence-electron chi connectivity index (χ0n) is 10.7. The third kappa shape index (κ3) is 2.77. The largest absolute Gasteiger partial charge is 0.341 e. The van der Waals surface area contributed by atoms with Gasteiger partial charge in [0.25, 0.3) is 0 Å². The van der Waals surface area contributed by atoms with E-state index in [4.69, 9.17) is 5.73 Å². The van der Waals surface area contributed by atoms with Crippen molar-refractivity contribution in [2.75, 3.05) is 25.4 Å². The zero-order valence-corrected chi connectivity index (χ0v) is 11.6. The molecule has 1 spiro atoms. The number of carbonyl (C=O) groups excluding carboxylic acids is 1. The summed E-state index contributed by atoms with van der Waals surface area (Å²) in [5.74, 6) is 1.54. The van der Waals surface area contributed by atoms with Gasteiger partial charge in [-0.15, -0.1) is 11.8 Å². The van der Waals surface area contributed by atoms with Crippen LogP contribution in [0.5, 0.6) is 0 Å². The first-order valence-corrected chi connectivity index (χ1v) is 7.46. The van der Waals surface area contributed by atoms with E-state index in [1.807, 2.05) is 30.5 Å². The van der Waals surface area contributed by atoms with Crippen molar-refractivity contribution >= 4 is 17.7 Å². The Balaban J connectivity index is 1.88. The number of rotatable bonds is 2. The van der Waals surface area contributed by atoms with Gasteiger partial charge in [0, 0.05) is 25.4 Å². The molecular weight excluding hydrogens is 234 g/mol. The van der Waals surface area contributed by atoms with E-state index in [9.17, 15) is 4.79 Å². The maximum Gasteiger partial charge on any atom is 0.239 e. The molecule has 0 unspecified atom stereocenters. The molecule has 0 aromatic heterocycles. The number of nitrogens with one attached hydrogen (secondary N) is 1. The van der Waals surface area contributed by atoms with Gasteiger partial charge in [-0.2, -0.15) is 0 Å². The maximum absolute atomic E-state index is 12.1. The van der Waals surface area contributed by atoms with E-state index in [-0.39, 0.29) is 22.7 Å². The monoisotopic (exact) mass is 257 g/mol. The molecule has 4 nitrogen and oxygen atoms in total. The van der Waals surface area contributed by atoms with Crippen LogP contribution in [0.15, 0.2) is 0 Å². The average molecular weight is 257 g/mol. The third-order valence-electron chi connectivity index (χ3n) is 3.81. The van der Waals surface area contributed by atoms with Crippen molar-refractivity contribution in [3.05, 3.63) is 0 Å². The van der Waals surface area contributed by atoms with Crippen molar-refractivity contribution in [1.29, 1.82) is 0 Å². The Labute approximate surface area is 108 Å². The molecule has 2 aliphatic heterocycles. The summed E-state index contributed by atoms with van der Waals surface area (Å²) < 4.78 is 0. The van der Waals surface area contributed by atoms with E-state index in [0.29, 0.717) is 0 Å². The second-order valence-electron chi connectivity index (χ2n) is 5.36. The molecule has 98 valence electrons. The van der Waals surface area contributed by atoms with Crippen molar-refractivity contribution in [2.45, 2.75) is 37.6 Å². The maximum atomic E-state index is 12.1. The number of carbonyl (C=O) groups is 1. The molecular formula is C12H23N3OS. The number of amides is 1. The summed E-state index contributed by atoms with van der Waals surface area (Å²) in [6, 6.07) is -0.340. The summed E-state index contributed by atoms with van der Waals surface area (Å²) in [5, 5.41) is 3.58. The predicted molar refractivity (Wildman–Crippen MR) is 71.8 cm³/mol. The smallest absolute Gasteiger partial charge is 0.239 e. The molecule has 2 rings (SSSR count). The number of nitrogens with two attached hydrogens (primary N) is 1. The van der Waals surface area contributed by atoms with Crippen molar-refractivity contribution < 1.29 is 4.79 Å². The van der Waals surface area contributed by atoms with Crippen LogP contribution in [0, 0.1) is 5.92 Å². The third-order valence-corrected chi connectivity index (χ3v) is 5.33. The minimum absolute atomic E-state index is 0.123. The molecule has 3 N–H and O–H groups in total. The topological polar surface area (TPSA) is 58.4 Å². The highest BCUT2D eigenvalue weighted by atomic mass is 32.2. The summed E-state index contributed by atoms with van der Waals surface area (Å²) in [6.45, 7) is 6.80. The number of hydrogen-bond donors (Lipinski definition) is 2. The summed E-state index contributed by atoms with van der Waals surface area (Å²) in [5.41, 5.74) is 5.92. The van der Waals surface area contributed by atoms with Crippen LogP contribution in [0.2, 0.25) is 0 Å². The molecule has 2 saturated heterocycles. The predicted octanol–water partition coefficient (Wildman–Crippen LogP) is 0.625. The molecule has 0 bridgehead atoms. The first-order valence-electron chi connectivity index (χ1n) is 6.47.